The number of hydrogen-bond donors (Lipinski definition) is 0. The van der Waals surface area contributed by atoms with Gasteiger partial charge in [0.2, 0.25) is 0 Å². The lowest BCUT2D eigenvalue weighted by Gasteiger charge is -2.12. The van der Waals surface area contributed by atoms with Crippen molar-refractivity contribution in [2.24, 2.45) is 11.8 Å². The Morgan fingerprint density at radius 1 is 1.62 bits per heavy atom. The lowest BCUT2D eigenvalue weighted by Crippen LogP contribution is -2.02. The van der Waals surface area contributed by atoms with Crippen LogP contribution in [0.3, 0.4) is 0 Å². The molecule has 0 aromatic heterocycles. The summed E-state index contributed by atoms with van der Waals surface area (Å²) < 4.78 is 0. The number of hydrogen-bond acceptors (Lipinski definition) is 1. The van der Waals surface area contributed by atoms with Crippen molar-refractivity contribution in [1.82, 2.24) is 0 Å². The van der Waals surface area contributed by atoms with Gasteiger partial charge in [0.1, 0.15) is 6.29 Å². The molecule has 1 unspecified atom stereocenters. The van der Waals surface area contributed by atoms with Crippen LogP contribution in [-0.4, -0.2) is 6.29 Å². The van der Waals surface area contributed by atoms with E-state index in [4.69, 9.17) is 0 Å². The SMILES string of the molecule is CC(CC=O)=C1CCC(C(C)C)C1. The van der Waals surface area contributed by atoms with E-state index in [0.717, 1.165) is 18.1 Å². The molecular weight excluding hydrogens is 160 g/mol. The molecule has 0 saturated heterocycles. The predicted octanol–water partition coefficient (Wildman–Crippen LogP) is 3.35. The van der Waals surface area contributed by atoms with E-state index in [1.54, 1.807) is 5.57 Å². The van der Waals surface area contributed by atoms with E-state index in [-0.39, 0.29) is 0 Å². The molecule has 1 saturated carbocycles. The van der Waals surface area contributed by atoms with Crippen LogP contribution in [-0.2, 0) is 4.79 Å². The fourth-order valence-corrected chi connectivity index (χ4v) is 2.11. The number of carbonyl (C=O) groups is 1. The van der Waals surface area contributed by atoms with Gasteiger partial charge in [0.15, 0.2) is 0 Å². The summed E-state index contributed by atoms with van der Waals surface area (Å²) in [6, 6.07) is 0. The molecule has 0 spiro atoms. The Labute approximate surface area is 81.2 Å². The Morgan fingerprint density at radius 2 is 2.31 bits per heavy atom. The topological polar surface area (TPSA) is 17.1 Å². The molecule has 13 heavy (non-hydrogen) atoms. The van der Waals surface area contributed by atoms with Gasteiger partial charge in [-0.05, 0) is 38.0 Å². The first-order chi connectivity index (χ1) is 6.15. The Balaban J connectivity index is 2.57. The van der Waals surface area contributed by atoms with Crippen molar-refractivity contribution in [1.29, 1.82) is 0 Å². The van der Waals surface area contributed by atoms with Gasteiger partial charge in [-0.25, -0.2) is 0 Å². The number of allylic oxidation sites excluding steroid dienone is 2. The standard InChI is InChI=1S/C12H20O/c1-9(2)11-4-5-12(8-11)10(3)6-7-13/h7,9,11H,4-6,8H2,1-3H3. The van der Waals surface area contributed by atoms with E-state index in [2.05, 4.69) is 20.8 Å². The minimum absolute atomic E-state index is 0.639. The third-order valence-electron chi connectivity index (χ3n) is 3.26. The minimum Gasteiger partial charge on any atom is -0.303 e. The Kier molecular flexibility index (Phi) is 3.71. The molecule has 1 aliphatic carbocycles. The van der Waals surface area contributed by atoms with Crippen LogP contribution in [0, 0.1) is 11.8 Å². The molecule has 1 atom stereocenters. The van der Waals surface area contributed by atoms with Crippen LogP contribution in [0.1, 0.15) is 46.5 Å². The third kappa shape index (κ3) is 2.68. The van der Waals surface area contributed by atoms with Crippen LogP contribution < -0.4 is 0 Å². The van der Waals surface area contributed by atoms with E-state index in [9.17, 15) is 4.79 Å². The van der Waals surface area contributed by atoms with E-state index >= 15 is 0 Å². The normalized spacial score (nSPS) is 26.6. The van der Waals surface area contributed by atoms with Crippen molar-refractivity contribution in [3.05, 3.63) is 11.1 Å². The van der Waals surface area contributed by atoms with E-state index in [1.165, 1.54) is 24.8 Å². The zero-order chi connectivity index (χ0) is 9.84. The first-order valence-electron chi connectivity index (χ1n) is 5.26. The number of rotatable bonds is 3. The van der Waals surface area contributed by atoms with Gasteiger partial charge in [0, 0.05) is 6.42 Å². The van der Waals surface area contributed by atoms with Crippen molar-refractivity contribution >= 4 is 6.29 Å². The Hall–Kier alpha value is -0.590. The van der Waals surface area contributed by atoms with E-state index in [0.29, 0.717) is 6.42 Å². The quantitative estimate of drug-likeness (QED) is 0.481. The molecule has 0 aromatic rings. The van der Waals surface area contributed by atoms with Crippen molar-refractivity contribution in [2.75, 3.05) is 0 Å². The maximum atomic E-state index is 10.4. The van der Waals surface area contributed by atoms with Gasteiger partial charge in [0.05, 0.1) is 0 Å². The lowest BCUT2D eigenvalue weighted by molar-refractivity contribution is -0.107. The second-order valence-corrected chi connectivity index (χ2v) is 4.50. The molecule has 74 valence electrons. The van der Waals surface area contributed by atoms with Crippen molar-refractivity contribution in [3.63, 3.8) is 0 Å². The summed E-state index contributed by atoms with van der Waals surface area (Å²) in [6.07, 6.45) is 5.44. The molecule has 0 radical (unpaired) electrons. The maximum Gasteiger partial charge on any atom is 0.124 e. The number of aldehydes is 1. The molecule has 0 bridgehead atoms. The Bertz CT molecular complexity index is 213. The van der Waals surface area contributed by atoms with Crippen LogP contribution in [0.4, 0.5) is 0 Å². The monoisotopic (exact) mass is 180 g/mol. The van der Waals surface area contributed by atoms with Crippen LogP contribution >= 0.6 is 0 Å². The average molecular weight is 180 g/mol. The third-order valence-corrected chi connectivity index (χ3v) is 3.26. The summed E-state index contributed by atoms with van der Waals surface area (Å²) in [5, 5.41) is 0. The first-order valence-corrected chi connectivity index (χ1v) is 5.26. The molecule has 0 N–H and O–H groups in total. The van der Waals surface area contributed by atoms with Crippen LogP contribution in [0.25, 0.3) is 0 Å². The predicted molar refractivity (Wildman–Crippen MR) is 55.6 cm³/mol. The second kappa shape index (κ2) is 4.59. The average Bonchev–Trinajstić information content (AvgIpc) is 2.52. The summed E-state index contributed by atoms with van der Waals surface area (Å²) >= 11 is 0. The molecule has 1 fully saturated rings. The van der Waals surface area contributed by atoms with Crippen LogP contribution in [0.2, 0.25) is 0 Å². The molecule has 0 heterocycles. The number of carbonyl (C=O) groups excluding carboxylic acids is 1. The molecular formula is C12H20O. The molecule has 1 heteroatoms. The highest BCUT2D eigenvalue weighted by Crippen LogP contribution is 2.36. The van der Waals surface area contributed by atoms with Gasteiger partial charge in [-0.1, -0.05) is 25.0 Å². The maximum absolute atomic E-state index is 10.4. The molecule has 0 aromatic carbocycles. The molecule has 1 nitrogen and oxygen atoms in total. The minimum atomic E-state index is 0.639. The molecule has 1 aliphatic rings. The van der Waals surface area contributed by atoms with Crippen molar-refractivity contribution < 1.29 is 4.79 Å². The molecule has 0 aliphatic heterocycles. The van der Waals surface area contributed by atoms with Crippen LogP contribution in [0.5, 0.6) is 0 Å². The van der Waals surface area contributed by atoms with Gasteiger partial charge in [-0.15, -0.1) is 0 Å². The van der Waals surface area contributed by atoms with E-state index < -0.39 is 0 Å². The summed E-state index contributed by atoms with van der Waals surface area (Å²) in [7, 11) is 0. The summed E-state index contributed by atoms with van der Waals surface area (Å²) in [6.45, 7) is 6.69. The fraction of sp³-hybridized carbons (Fsp3) is 0.750. The highest BCUT2D eigenvalue weighted by Gasteiger charge is 2.22. The molecule has 0 amide bonds. The van der Waals surface area contributed by atoms with Crippen molar-refractivity contribution in [2.45, 2.75) is 46.5 Å². The van der Waals surface area contributed by atoms with Gasteiger partial charge >= 0.3 is 0 Å². The van der Waals surface area contributed by atoms with Crippen LogP contribution in [0.15, 0.2) is 11.1 Å². The van der Waals surface area contributed by atoms with E-state index in [1.807, 2.05) is 0 Å². The summed E-state index contributed by atoms with van der Waals surface area (Å²) in [4.78, 5) is 10.4. The largest absolute Gasteiger partial charge is 0.303 e. The molecule has 1 rings (SSSR count). The van der Waals surface area contributed by atoms with Crippen molar-refractivity contribution in [3.8, 4) is 0 Å². The van der Waals surface area contributed by atoms with Gasteiger partial charge in [0.25, 0.3) is 0 Å². The highest BCUT2D eigenvalue weighted by molar-refractivity contribution is 5.54. The highest BCUT2D eigenvalue weighted by atomic mass is 16.1. The lowest BCUT2D eigenvalue weighted by atomic mass is 9.93. The Morgan fingerprint density at radius 3 is 2.77 bits per heavy atom. The first kappa shape index (κ1) is 10.5. The van der Waals surface area contributed by atoms with Gasteiger partial charge < -0.3 is 4.79 Å². The zero-order valence-electron chi connectivity index (χ0n) is 8.97. The zero-order valence-corrected chi connectivity index (χ0v) is 8.97. The summed E-state index contributed by atoms with van der Waals surface area (Å²) in [5.41, 5.74) is 2.86. The summed E-state index contributed by atoms with van der Waals surface area (Å²) in [5.74, 6) is 1.65. The van der Waals surface area contributed by atoms with Gasteiger partial charge in [-0.2, -0.15) is 0 Å². The fourth-order valence-electron chi connectivity index (χ4n) is 2.11. The smallest absolute Gasteiger partial charge is 0.124 e. The van der Waals surface area contributed by atoms with Gasteiger partial charge in [-0.3, -0.25) is 0 Å². The second-order valence-electron chi connectivity index (χ2n) is 4.50.